The van der Waals surface area contributed by atoms with E-state index in [4.69, 9.17) is 0 Å². The van der Waals surface area contributed by atoms with Crippen molar-refractivity contribution in [3.63, 3.8) is 0 Å². The topological polar surface area (TPSA) is 0 Å². The monoisotopic (exact) mass is 174 g/mol. The van der Waals surface area contributed by atoms with Crippen LogP contribution in [-0.4, -0.2) is 0 Å². The van der Waals surface area contributed by atoms with Gasteiger partial charge in [-0.25, -0.2) is 0 Å². The fourth-order valence-corrected chi connectivity index (χ4v) is 2.15. The zero-order valence-corrected chi connectivity index (χ0v) is 8.59. The van der Waals surface area contributed by atoms with Crippen LogP contribution >= 0.6 is 0 Å². The van der Waals surface area contributed by atoms with Crippen LogP contribution < -0.4 is 0 Å². The summed E-state index contributed by atoms with van der Waals surface area (Å²) in [5, 5.41) is 0. The Balaban J connectivity index is 2.17. The minimum Gasteiger partial charge on any atom is -0.0648 e. The van der Waals surface area contributed by atoms with Gasteiger partial charge in [0, 0.05) is 0 Å². The van der Waals surface area contributed by atoms with Crippen LogP contribution in [0.15, 0.2) is 24.3 Å². The zero-order valence-electron chi connectivity index (χ0n) is 8.59. The molecule has 0 aromatic heterocycles. The second-order valence-electron chi connectivity index (χ2n) is 4.26. The lowest BCUT2D eigenvalue weighted by atomic mass is 9.91. The van der Waals surface area contributed by atoms with E-state index < -0.39 is 0 Å². The van der Waals surface area contributed by atoms with Crippen LogP contribution in [0.2, 0.25) is 0 Å². The van der Waals surface area contributed by atoms with Gasteiger partial charge in [-0.05, 0) is 43.6 Å². The van der Waals surface area contributed by atoms with Gasteiger partial charge in [0.1, 0.15) is 0 Å². The maximum absolute atomic E-state index is 2.31. The molecule has 0 radical (unpaired) electrons. The fourth-order valence-electron chi connectivity index (χ4n) is 2.15. The van der Waals surface area contributed by atoms with E-state index in [2.05, 4.69) is 38.1 Å². The van der Waals surface area contributed by atoms with E-state index in [9.17, 15) is 0 Å². The standard InChI is InChI=1S/C13H18/c1-3-13(12-8-9-12)11-6-4-10(2)5-7-11/h4-7,12-13H,3,8-9H2,1-2H3. The molecule has 2 rings (SSSR count). The molecule has 1 unspecified atom stereocenters. The molecule has 0 saturated heterocycles. The Bertz CT molecular complexity index is 267. The summed E-state index contributed by atoms with van der Waals surface area (Å²) in [5.74, 6) is 1.83. The SMILES string of the molecule is CCC(c1ccc(C)cc1)C1CC1. The van der Waals surface area contributed by atoms with Crippen molar-refractivity contribution in [2.45, 2.75) is 39.0 Å². The van der Waals surface area contributed by atoms with Crippen molar-refractivity contribution in [3.8, 4) is 0 Å². The van der Waals surface area contributed by atoms with Gasteiger partial charge in [-0.2, -0.15) is 0 Å². The molecule has 1 aromatic carbocycles. The number of rotatable bonds is 3. The molecular formula is C13H18. The molecule has 1 saturated carbocycles. The van der Waals surface area contributed by atoms with Crippen LogP contribution in [0, 0.1) is 12.8 Å². The van der Waals surface area contributed by atoms with Crippen LogP contribution in [-0.2, 0) is 0 Å². The van der Waals surface area contributed by atoms with Crippen LogP contribution in [0.25, 0.3) is 0 Å². The molecule has 0 amide bonds. The zero-order chi connectivity index (χ0) is 9.26. The van der Waals surface area contributed by atoms with E-state index in [1.54, 1.807) is 5.56 Å². The van der Waals surface area contributed by atoms with Crippen molar-refractivity contribution >= 4 is 0 Å². The molecule has 0 nitrogen and oxygen atoms in total. The molecule has 0 heterocycles. The molecular weight excluding hydrogens is 156 g/mol. The van der Waals surface area contributed by atoms with Crippen LogP contribution in [0.3, 0.4) is 0 Å². The van der Waals surface area contributed by atoms with Gasteiger partial charge in [-0.1, -0.05) is 36.8 Å². The quantitative estimate of drug-likeness (QED) is 0.652. The van der Waals surface area contributed by atoms with Gasteiger partial charge in [0.15, 0.2) is 0 Å². The Morgan fingerprint density at radius 1 is 1.23 bits per heavy atom. The van der Waals surface area contributed by atoms with E-state index >= 15 is 0 Å². The first-order valence-electron chi connectivity index (χ1n) is 5.38. The van der Waals surface area contributed by atoms with Gasteiger partial charge in [0.25, 0.3) is 0 Å². The maximum Gasteiger partial charge on any atom is -0.0136 e. The fraction of sp³-hybridized carbons (Fsp3) is 0.538. The third-order valence-electron chi connectivity index (χ3n) is 3.14. The lowest BCUT2D eigenvalue weighted by Gasteiger charge is -2.14. The normalized spacial score (nSPS) is 18.6. The molecule has 0 N–H and O–H groups in total. The lowest BCUT2D eigenvalue weighted by Crippen LogP contribution is -1.99. The highest BCUT2D eigenvalue weighted by Crippen LogP contribution is 2.44. The van der Waals surface area contributed by atoms with Gasteiger partial charge in [0.2, 0.25) is 0 Å². The average molecular weight is 174 g/mol. The summed E-state index contributed by atoms with van der Waals surface area (Å²) in [4.78, 5) is 0. The molecule has 13 heavy (non-hydrogen) atoms. The largest absolute Gasteiger partial charge is 0.0648 e. The first-order valence-corrected chi connectivity index (χ1v) is 5.38. The van der Waals surface area contributed by atoms with Gasteiger partial charge in [0.05, 0.1) is 0 Å². The molecule has 1 atom stereocenters. The third-order valence-corrected chi connectivity index (χ3v) is 3.14. The molecule has 1 aromatic rings. The molecule has 1 aliphatic rings. The highest BCUT2D eigenvalue weighted by atomic mass is 14.3. The van der Waals surface area contributed by atoms with Crippen molar-refractivity contribution in [1.82, 2.24) is 0 Å². The Morgan fingerprint density at radius 2 is 1.85 bits per heavy atom. The second kappa shape index (κ2) is 3.53. The summed E-state index contributed by atoms with van der Waals surface area (Å²) in [6, 6.07) is 9.09. The summed E-state index contributed by atoms with van der Waals surface area (Å²) < 4.78 is 0. The molecule has 1 aliphatic carbocycles. The number of hydrogen-bond donors (Lipinski definition) is 0. The highest BCUT2D eigenvalue weighted by molar-refractivity contribution is 5.25. The van der Waals surface area contributed by atoms with Gasteiger partial charge in [-0.3, -0.25) is 0 Å². The molecule has 0 aliphatic heterocycles. The third kappa shape index (κ3) is 1.93. The first kappa shape index (κ1) is 8.80. The maximum atomic E-state index is 2.31. The van der Waals surface area contributed by atoms with Gasteiger partial charge < -0.3 is 0 Å². The molecule has 0 bridgehead atoms. The number of hydrogen-bond acceptors (Lipinski definition) is 0. The smallest absolute Gasteiger partial charge is 0.0136 e. The van der Waals surface area contributed by atoms with Crippen molar-refractivity contribution in [2.75, 3.05) is 0 Å². The Hall–Kier alpha value is -0.780. The van der Waals surface area contributed by atoms with Crippen LogP contribution in [0.1, 0.15) is 43.2 Å². The van der Waals surface area contributed by atoms with E-state index in [-0.39, 0.29) is 0 Å². The van der Waals surface area contributed by atoms with E-state index in [1.165, 1.54) is 24.8 Å². The van der Waals surface area contributed by atoms with Crippen molar-refractivity contribution < 1.29 is 0 Å². The van der Waals surface area contributed by atoms with E-state index in [1.807, 2.05) is 0 Å². The van der Waals surface area contributed by atoms with Gasteiger partial charge >= 0.3 is 0 Å². The summed E-state index contributed by atoms with van der Waals surface area (Å²) in [6.07, 6.45) is 4.20. The molecule has 70 valence electrons. The molecule has 1 fully saturated rings. The summed E-state index contributed by atoms with van der Waals surface area (Å²) >= 11 is 0. The lowest BCUT2D eigenvalue weighted by molar-refractivity contribution is 0.586. The first-order chi connectivity index (χ1) is 6.31. The van der Waals surface area contributed by atoms with Crippen molar-refractivity contribution in [2.24, 2.45) is 5.92 Å². The van der Waals surface area contributed by atoms with E-state index in [0.29, 0.717) is 0 Å². The Labute approximate surface area is 81.0 Å². The van der Waals surface area contributed by atoms with Crippen molar-refractivity contribution in [3.05, 3.63) is 35.4 Å². The minimum atomic E-state index is 0.834. The van der Waals surface area contributed by atoms with E-state index in [0.717, 1.165) is 11.8 Å². The molecule has 0 heteroatoms. The number of benzene rings is 1. The molecule has 0 spiro atoms. The van der Waals surface area contributed by atoms with Gasteiger partial charge in [-0.15, -0.1) is 0 Å². The van der Waals surface area contributed by atoms with Crippen LogP contribution in [0.4, 0.5) is 0 Å². The summed E-state index contributed by atoms with van der Waals surface area (Å²) in [5.41, 5.74) is 2.92. The minimum absolute atomic E-state index is 0.834. The number of aryl methyl sites for hydroxylation is 1. The van der Waals surface area contributed by atoms with Crippen molar-refractivity contribution in [1.29, 1.82) is 0 Å². The predicted octanol–water partition coefficient (Wildman–Crippen LogP) is 3.90. The Kier molecular flexibility index (Phi) is 2.39. The predicted molar refractivity (Wildman–Crippen MR) is 56.9 cm³/mol. The second-order valence-corrected chi connectivity index (χ2v) is 4.26. The Morgan fingerprint density at radius 3 is 2.31 bits per heavy atom. The summed E-state index contributed by atoms with van der Waals surface area (Å²) in [7, 11) is 0. The summed E-state index contributed by atoms with van der Waals surface area (Å²) in [6.45, 7) is 4.46. The average Bonchev–Trinajstić information content (AvgIpc) is 2.93. The highest BCUT2D eigenvalue weighted by Gasteiger charge is 2.30. The van der Waals surface area contributed by atoms with Crippen LogP contribution in [0.5, 0.6) is 0 Å².